The number of rotatable bonds is 4. The Morgan fingerprint density at radius 2 is 2.09 bits per heavy atom. The van der Waals surface area contributed by atoms with Crippen LogP contribution in [0.1, 0.15) is 12.0 Å². The molecule has 0 radical (unpaired) electrons. The van der Waals surface area contributed by atoms with Crippen molar-refractivity contribution < 1.29 is 13.2 Å². The highest BCUT2D eigenvalue weighted by atomic mass is 32.2. The minimum atomic E-state index is -3.35. The molecule has 0 aliphatic carbocycles. The molecule has 23 heavy (non-hydrogen) atoms. The van der Waals surface area contributed by atoms with Crippen LogP contribution >= 0.6 is 0 Å². The van der Waals surface area contributed by atoms with Crippen molar-refractivity contribution in [2.75, 3.05) is 34.3 Å². The van der Waals surface area contributed by atoms with E-state index in [0.717, 1.165) is 27.8 Å². The van der Waals surface area contributed by atoms with E-state index in [4.69, 9.17) is 4.74 Å². The summed E-state index contributed by atoms with van der Waals surface area (Å²) in [6, 6.07) is 5.91. The van der Waals surface area contributed by atoms with E-state index in [9.17, 15) is 8.42 Å². The molecule has 1 aliphatic heterocycles. The quantitative estimate of drug-likeness (QED) is 0.930. The van der Waals surface area contributed by atoms with Gasteiger partial charge >= 0.3 is 0 Å². The molecule has 0 spiro atoms. The SMILES string of the molecule is COc1ccc2[nH]cc(C3=CCN(S(=O)(=O)N(C)C)CC3)c2c1. The van der Waals surface area contributed by atoms with Crippen LogP contribution < -0.4 is 4.74 Å². The van der Waals surface area contributed by atoms with E-state index in [1.165, 1.54) is 8.61 Å². The Morgan fingerprint density at radius 3 is 2.70 bits per heavy atom. The molecule has 7 heteroatoms. The van der Waals surface area contributed by atoms with Gasteiger partial charge in [0.2, 0.25) is 0 Å². The third-order valence-corrected chi connectivity index (χ3v) is 6.10. The first-order valence-electron chi connectivity index (χ1n) is 7.45. The number of aromatic amines is 1. The van der Waals surface area contributed by atoms with Gasteiger partial charge in [-0.05, 0) is 30.2 Å². The Bertz CT molecular complexity index is 853. The van der Waals surface area contributed by atoms with Crippen LogP contribution in [-0.2, 0) is 10.2 Å². The third-order valence-electron chi connectivity index (χ3n) is 4.19. The average Bonchev–Trinajstić information content (AvgIpc) is 2.97. The van der Waals surface area contributed by atoms with Gasteiger partial charge in [0.15, 0.2) is 0 Å². The minimum Gasteiger partial charge on any atom is -0.497 e. The Kier molecular flexibility index (Phi) is 4.18. The van der Waals surface area contributed by atoms with Crippen LogP contribution in [0.25, 0.3) is 16.5 Å². The molecule has 0 fully saturated rings. The van der Waals surface area contributed by atoms with E-state index in [-0.39, 0.29) is 0 Å². The van der Waals surface area contributed by atoms with Gasteiger partial charge in [-0.3, -0.25) is 0 Å². The zero-order chi connectivity index (χ0) is 16.6. The molecule has 1 aromatic carbocycles. The largest absolute Gasteiger partial charge is 0.497 e. The van der Waals surface area contributed by atoms with E-state index in [2.05, 4.69) is 4.98 Å². The molecule has 2 heterocycles. The average molecular weight is 335 g/mol. The van der Waals surface area contributed by atoms with Crippen molar-refractivity contribution in [3.63, 3.8) is 0 Å². The standard InChI is InChI=1S/C16H21N3O3S/c1-18(2)23(20,21)19-8-6-12(7-9-19)15-11-17-16-5-4-13(22-3)10-14(15)16/h4-6,10-11,17H,7-9H2,1-3H3. The summed E-state index contributed by atoms with van der Waals surface area (Å²) in [6.07, 6.45) is 4.66. The third kappa shape index (κ3) is 2.87. The maximum absolute atomic E-state index is 12.2. The second-order valence-electron chi connectivity index (χ2n) is 5.74. The molecule has 1 N–H and O–H groups in total. The van der Waals surface area contributed by atoms with Crippen molar-refractivity contribution in [3.8, 4) is 5.75 Å². The lowest BCUT2D eigenvalue weighted by atomic mass is 9.99. The summed E-state index contributed by atoms with van der Waals surface area (Å²) in [5.74, 6) is 0.812. The van der Waals surface area contributed by atoms with Crippen molar-refractivity contribution in [2.24, 2.45) is 0 Å². The zero-order valence-corrected chi connectivity index (χ0v) is 14.4. The molecule has 0 bridgehead atoms. The van der Waals surface area contributed by atoms with Gasteiger partial charge in [0.05, 0.1) is 7.11 Å². The number of hydrogen-bond acceptors (Lipinski definition) is 3. The Morgan fingerprint density at radius 1 is 1.30 bits per heavy atom. The summed E-state index contributed by atoms with van der Waals surface area (Å²) in [5.41, 5.74) is 3.32. The number of benzene rings is 1. The number of methoxy groups -OCH3 is 1. The highest BCUT2D eigenvalue weighted by Crippen LogP contribution is 2.32. The van der Waals surface area contributed by atoms with Gasteiger partial charge < -0.3 is 9.72 Å². The molecular formula is C16H21N3O3S. The predicted octanol–water partition coefficient (Wildman–Crippen LogP) is 2.07. The van der Waals surface area contributed by atoms with Gasteiger partial charge in [-0.15, -0.1) is 0 Å². The van der Waals surface area contributed by atoms with Crippen LogP contribution in [0.4, 0.5) is 0 Å². The first kappa shape index (κ1) is 16.0. The minimum absolute atomic E-state index is 0.395. The highest BCUT2D eigenvalue weighted by molar-refractivity contribution is 7.86. The number of ether oxygens (including phenoxy) is 1. The molecule has 124 valence electrons. The van der Waals surface area contributed by atoms with Crippen molar-refractivity contribution in [3.05, 3.63) is 36.0 Å². The van der Waals surface area contributed by atoms with E-state index >= 15 is 0 Å². The molecule has 0 amide bonds. The lowest BCUT2D eigenvalue weighted by Crippen LogP contribution is -2.42. The number of H-pyrrole nitrogens is 1. The fraction of sp³-hybridized carbons (Fsp3) is 0.375. The number of fused-ring (bicyclic) bond motifs is 1. The second-order valence-corrected chi connectivity index (χ2v) is 7.88. The molecule has 1 aromatic heterocycles. The number of aromatic nitrogens is 1. The van der Waals surface area contributed by atoms with Crippen molar-refractivity contribution >= 4 is 26.7 Å². The molecule has 0 atom stereocenters. The summed E-state index contributed by atoms with van der Waals surface area (Å²) in [4.78, 5) is 3.26. The first-order chi connectivity index (χ1) is 10.9. The van der Waals surface area contributed by atoms with Crippen LogP contribution in [-0.4, -0.2) is 56.3 Å². The first-order valence-corrected chi connectivity index (χ1v) is 8.85. The van der Waals surface area contributed by atoms with E-state index < -0.39 is 10.2 Å². The van der Waals surface area contributed by atoms with Gasteiger partial charge in [-0.1, -0.05) is 6.08 Å². The summed E-state index contributed by atoms with van der Waals surface area (Å²) in [6.45, 7) is 0.884. The molecule has 0 unspecified atom stereocenters. The monoisotopic (exact) mass is 335 g/mol. The Labute approximate surface area is 136 Å². The number of nitrogens with one attached hydrogen (secondary N) is 1. The molecule has 3 rings (SSSR count). The van der Waals surface area contributed by atoms with Gasteiger partial charge in [0.25, 0.3) is 10.2 Å². The van der Waals surface area contributed by atoms with Gasteiger partial charge in [0.1, 0.15) is 5.75 Å². The molecule has 0 saturated heterocycles. The van der Waals surface area contributed by atoms with Crippen molar-refractivity contribution in [1.29, 1.82) is 0 Å². The highest BCUT2D eigenvalue weighted by Gasteiger charge is 2.26. The van der Waals surface area contributed by atoms with Gasteiger partial charge in [-0.2, -0.15) is 17.0 Å². The number of nitrogens with zero attached hydrogens (tertiary/aromatic N) is 2. The van der Waals surface area contributed by atoms with E-state index in [1.54, 1.807) is 21.2 Å². The van der Waals surface area contributed by atoms with Crippen molar-refractivity contribution in [1.82, 2.24) is 13.6 Å². The molecule has 2 aromatic rings. The summed E-state index contributed by atoms with van der Waals surface area (Å²) < 4.78 is 32.4. The van der Waals surface area contributed by atoms with Gasteiger partial charge in [0, 0.05) is 49.8 Å². The predicted molar refractivity (Wildman–Crippen MR) is 91.6 cm³/mol. The molecule has 0 saturated carbocycles. The lowest BCUT2D eigenvalue weighted by molar-refractivity contribution is 0.397. The molecule has 6 nitrogen and oxygen atoms in total. The van der Waals surface area contributed by atoms with Crippen LogP contribution in [0.2, 0.25) is 0 Å². The maximum atomic E-state index is 12.2. The zero-order valence-electron chi connectivity index (χ0n) is 13.5. The van der Waals surface area contributed by atoms with Gasteiger partial charge in [-0.25, -0.2) is 0 Å². The summed E-state index contributed by atoms with van der Waals surface area (Å²) >= 11 is 0. The molecule has 1 aliphatic rings. The second kappa shape index (κ2) is 5.99. The van der Waals surface area contributed by atoms with Crippen molar-refractivity contribution in [2.45, 2.75) is 6.42 Å². The van der Waals surface area contributed by atoms with E-state index in [0.29, 0.717) is 19.5 Å². The lowest BCUT2D eigenvalue weighted by Gasteiger charge is -2.28. The van der Waals surface area contributed by atoms with E-state index in [1.807, 2.05) is 30.5 Å². The fourth-order valence-corrected chi connectivity index (χ4v) is 3.87. The Hall–Kier alpha value is -1.83. The normalized spacial score (nSPS) is 16.8. The summed E-state index contributed by atoms with van der Waals surface area (Å²) in [5, 5.41) is 1.10. The molecular weight excluding hydrogens is 314 g/mol. The smallest absolute Gasteiger partial charge is 0.281 e. The topological polar surface area (TPSA) is 65.6 Å². The van der Waals surface area contributed by atoms with Crippen LogP contribution in [0.5, 0.6) is 5.75 Å². The van der Waals surface area contributed by atoms with Crippen LogP contribution in [0.15, 0.2) is 30.5 Å². The fourth-order valence-electron chi connectivity index (χ4n) is 2.83. The Balaban J connectivity index is 1.91. The maximum Gasteiger partial charge on any atom is 0.281 e. The summed E-state index contributed by atoms with van der Waals surface area (Å²) in [7, 11) is 1.41. The van der Waals surface area contributed by atoms with Crippen LogP contribution in [0, 0.1) is 0 Å². The number of hydrogen-bond donors (Lipinski definition) is 1. The van der Waals surface area contributed by atoms with Crippen LogP contribution in [0.3, 0.4) is 0 Å².